The average Bonchev–Trinajstić information content (AvgIpc) is 3.35. The number of fused-ring (bicyclic) bond motifs is 1. The monoisotopic (exact) mass is 459 g/mol. The van der Waals surface area contributed by atoms with E-state index < -0.39 is 29.8 Å². The summed E-state index contributed by atoms with van der Waals surface area (Å²) >= 11 is 5.76. The van der Waals surface area contributed by atoms with Crippen LogP contribution >= 0.6 is 11.6 Å². The second kappa shape index (κ2) is 9.08. The number of alkyl halides is 1. The number of hydrogen-bond donors (Lipinski definition) is 1. The zero-order valence-electron chi connectivity index (χ0n) is 16.9. The summed E-state index contributed by atoms with van der Waals surface area (Å²) < 4.78 is 29.8. The van der Waals surface area contributed by atoms with Gasteiger partial charge in [0.2, 0.25) is 11.8 Å². The topological polar surface area (TPSA) is 71.4 Å². The van der Waals surface area contributed by atoms with Crippen LogP contribution in [-0.2, 0) is 22.7 Å². The molecule has 2 aromatic carbocycles. The fourth-order valence-electron chi connectivity index (χ4n) is 4.03. The van der Waals surface area contributed by atoms with Gasteiger partial charge in [0.15, 0.2) is 6.29 Å². The highest BCUT2D eigenvalue weighted by molar-refractivity contribution is 6.30. The van der Waals surface area contributed by atoms with Crippen LogP contribution in [0.15, 0.2) is 48.7 Å². The highest BCUT2D eigenvalue weighted by atomic mass is 35.5. The van der Waals surface area contributed by atoms with E-state index in [1.165, 1.54) is 17.0 Å². The third-order valence-corrected chi connectivity index (χ3v) is 5.90. The van der Waals surface area contributed by atoms with Crippen molar-refractivity contribution in [1.82, 2.24) is 14.8 Å². The van der Waals surface area contributed by atoms with Gasteiger partial charge in [0.25, 0.3) is 0 Å². The van der Waals surface area contributed by atoms with E-state index in [0.717, 1.165) is 0 Å². The summed E-state index contributed by atoms with van der Waals surface area (Å²) in [5.74, 6) is -1.65. The second-order valence-corrected chi connectivity index (χ2v) is 8.08. The average molecular weight is 460 g/mol. The minimum Gasteiger partial charge on any atom is -0.350 e. The van der Waals surface area contributed by atoms with Crippen molar-refractivity contribution in [3.05, 3.63) is 70.6 Å². The Balaban J connectivity index is 1.49. The molecule has 0 radical (unpaired) electrons. The lowest BCUT2D eigenvalue weighted by Gasteiger charge is -2.24. The van der Waals surface area contributed by atoms with Gasteiger partial charge < -0.3 is 14.8 Å². The van der Waals surface area contributed by atoms with E-state index in [4.69, 9.17) is 11.6 Å². The van der Waals surface area contributed by atoms with Crippen LogP contribution in [0.3, 0.4) is 0 Å². The van der Waals surface area contributed by atoms with Crippen molar-refractivity contribution in [2.24, 2.45) is 0 Å². The van der Waals surface area contributed by atoms with Gasteiger partial charge in [-0.25, -0.2) is 8.78 Å². The number of amides is 2. The van der Waals surface area contributed by atoms with Gasteiger partial charge in [0.1, 0.15) is 24.6 Å². The van der Waals surface area contributed by atoms with Gasteiger partial charge in [0.05, 0.1) is 11.6 Å². The van der Waals surface area contributed by atoms with Gasteiger partial charge in [-0.05, 0) is 12.1 Å². The molecule has 2 unspecified atom stereocenters. The first-order valence-corrected chi connectivity index (χ1v) is 10.4. The molecule has 1 fully saturated rings. The van der Waals surface area contributed by atoms with Crippen molar-refractivity contribution in [2.75, 3.05) is 6.54 Å². The molecule has 1 N–H and O–H groups in total. The van der Waals surface area contributed by atoms with Gasteiger partial charge in [-0.1, -0.05) is 41.9 Å². The molecule has 1 saturated heterocycles. The standard InChI is InChI=1S/C23H20ClF2N3O3/c24-18-6-3-4-14(22(18)26)9-27-23(32)20-8-16(25)11-29(20)21(31)12-28-10-15(13-30)17-5-1-2-7-19(17)28/h1-7,10,13,16,20H,8-9,11-12H2,(H,27,32). The van der Waals surface area contributed by atoms with Crippen molar-refractivity contribution in [3.8, 4) is 0 Å². The van der Waals surface area contributed by atoms with Crippen LogP contribution in [0.25, 0.3) is 10.9 Å². The molecule has 166 valence electrons. The lowest BCUT2D eigenvalue weighted by atomic mass is 10.1. The fraction of sp³-hybridized carbons (Fsp3) is 0.261. The molecule has 9 heteroatoms. The number of nitrogens with zero attached hydrogens (tertiary/aromatic N) is 2. The van der Waals surface area contributed by atoms with Gasteiger partial charge in [-0.3, -0.25) is 14.4 Å². The predicted molar refractivity (Wildman–Crippen MR) is 116 cm³/mol. The number of likely N-dealkylation sites (tertiary alicyclic amines) is 1. The first kappa shape index (κ1) is 22.0. The summed E-state index contributed by atoms with van der Waals surface area (Å²) in [6.07, 6.45) is 0.795. The first-order chi connectivity index (χ1) is 15.4. The maximum absolute atomic E-state index is 14.2. The Kier molecular flexibility index (Phi) is 6.23. The first-order valence-electron chi connectivity index (χ1n) is 10.1. The molecular formula is C23H20ClF2N3O3. The third kappa shape index (κ3) is 4.23. The van der Waals surface area contributed by atoms with Gasteiger partial charge >= 0.3 is 0 Å². The number of hydrogen-bond acceptors (Lipinski definition) is 3. The van der Waals surface area contributed by atoms with Crippen molar-refractivity contribution < 1.29 is 23.2 Å². The quantitative estimate of drug-likeness (QED) is 0.573. The number of para-hydroxylation sites is 1. The number of benzene rings is 2. The Bertz CT molecular complexity index is 1200. The van der Waals surface area contributed by atoms with Crippen molar-refractivity contribution in [3.63, 3.8) is 0 Å². The summed E-state index contributed by atoms with van der Waals surface area (Å²) in [4.78, 5) is 38.2. The Labute approximate surface area is 187 Å². The summed E-state index contributed by atoms with van der Waals surface area (Å²) in [5.41, 5.74) is 1.33. The summed E-state index contributed by atoms with van der Waals surface area (Å²) in [6.45, 7) is -0.485. The van der Waals surface area contributed by atoms with Crippen LogP contribution in [0, 0.1) is 5.82 Å². The van der Waals surface area contributed by atoms with Gasteiger partial charge in [-0.2, -0.15) is 0 Å². The van der Waals surface area contributed by atoms with E-state index in [1.807, 2.05) is 0 Å². The molecule has 1 aliphatic heterocycles. The van der Waals surface area contributed by atoms with Crippen LogP contribution in [0.2, 0.25) is 5.02 Å². The molecule has 4 rings (SSSR count). The molecule has 1 aromatic heterocycles. The molecule has 2 amide bonds. The number of aromatic nitrogens is 1. The van der Waals surface area contributed by atoms with Crippen molar-refractivity contribution >= 4 is 40.6 Å². The Morgan fingerprint density at radius 1 is 1.19 bits per heavy atom. The lowest BCUT2D eigenvalue weighted by molar-refractivity contribution is -0.139. The second-order valence-electron chi connectivity index (χ2n) is 7.67. The van der Waals surface area contributed by atoms with Gasteiger partial charge in [0, 0.05) is 41.2 Å². The highest BCUT2D eigenvalue weighted by Gasteiger charge is 2.39. The van der Waals surface area contributed by atoms with E-state index in [9.17, 15) is 23.2 Å². The number of nitrogens with one attached hydrogen (secondary N) is 1. The SMILES string of the molecule is O=Cc1cn(CC(=O)N2CC(F)CC2C(=O)NCc2cccc(Cl)c2F)c2ccccc12. The molecular weight excluding hydrogens is 440 g/mol. The highest BCUT2D eigenvalue weighted by Crippen LogP contribution is 2.24. The molecule has 32 heavy (non-hydrogen) atoms. The summed E-state index contributed by atoms with van der Waals surface area (Å²) in [6, 6.07) is 10.6. The number of carbonyl (C=O) groups excluding carboxylic acids is 3. The van der Waals surface area contributed by atoms with E-state index in [-0.39, 0.29) is 36.6 Å². The largest absolute Gasteiger partial charge is 0.350 e. The molecule has 2 atom stereocenters. The van der Waals surface area contributed by atoms with Crippen LogP contribution in [0.5, 0.6) is 0 Å². The van der Waals surface area contributed by atoms with Crippen LogP contribution in [0.1, 0.15) is 22.3 Å². The smallest absolute Gasteiger partial charge is 0.243 e. The Morgan fingerprint density at radius 3 is 2.75 bits per heavy atom. The lowest BCUT2D eigenvalue weighted by Crippen LogP contribution is -2.46. The molecule has 3 aromatic rings. The van der Waals surface area contributed by atoms with E-state index in [1.54, 1.807) is 41.1 Å². The molecule has 0 spiro atoms. The van der Waals surface area contributed by atoms with E-state index in [2.05, 4.69) is 5.32 Å². The molecule has 0 saturated carbocycles. The zero-order valence-corrected chi connectivity index (χ0v) is 17.7. The molecule has 1 aliphatic rings. The Morgan fingerprint density at radius 2 is 1.97 bits per heavy atom. The molecule has 0 bridgehead atoms. The molecule has 0 aliphatic carbocycles. The van der Waals surface area contributed by atoms with Crippen molar-refractivity contribution in [1.29, 1.82) is 0 Å². The predicted octanol–water partition coefficient (Wildman–Crippen LogP) is 3.50. The number of aldehydes is 1. The van der Waals surface area contributed by atoms with Crippen molar-refractivity contribution in [2.45, 2.75) is 31.7 Å². The summed E-state index contributed by atoms with van der Waals surface area (Å²) in [5, 5.41) is 3.21. The Hall–Kier alpha value is -3.26. The van der Waals surface area contributed by atoms with Crippen LogP contribution in [0.4, 0.5) is 8.78 Å². The fourth-order valence-corrected chi connectivity index (χ4v) is 4.22. The number of carbonyl (C=O) groups is 3. The molecule has 6 nitrogen and oxygen atoms in total. The minimum atomic E-state index is -1.34. The zero-order chi connectivity index (χ0) is 22.8. The number of rotatable bonds is 6. The van der Waals surface area contributed by atoms with Crippen LogP contribution in [-0.4, -0.2) is 46.3 Å². The van der Waals surface area contributed by atoms with E-state index in [0.29, 0.717) is 22.8 Å². The third-order valence-electron chi connectivity index (χ3n) is 5.61. The maximum Gasteiger partial charge on any atom is 0.243 e. The normalized spacial score (nSPS) is 18.2. The van der Waals surface area contributed by atoms with Gasteiger partial charge in [-0.15, -0.1) is 0 Å². The van der Waals surface area contributed by atoms with E-state index >= 15 is 0 Å². The van der Waals surface area contributed by atoms with Crippen LogP contribution < -0.4 is 5.32 Å². The minimum absolute atomic E-state index is 0.0631. The molecule has 2 heterocycles. The number of halogens is 3. The maximum atomic E-state index is 14.2. The summed E-state index contributed by atoms with van der Waals surface area (Å²) in [7, 11) is 0.